The van der Waals surface area contributed by atoms with E-state index < -0.39 is 0 Å². The van der Waals surface area contributed by atoms with E-state index in [9.17, 15) is 0 Å². The number of imidazole rings is 1. The number of thiazole rings is 1. The molecule has 0 bridgehead atoms. The number of rotatable bonds is 2. The molecular formula is C16H12ClN3S. The average Bonchev–Trinajstić information content (AvgIpc) is 3.04. The molecule has 5 heteroatoms. The van der Waals surface area contributed by atoms with Gasteiger partial charge in [-0.15, -0.1) is 0 Å². The number of fused-ring (bicyclic) bond motifs is 3. The number of anilines is 1. The quantitative estimate of drug-likeness (QED) is 0.522. The highest BCUT2D eigenvalue weighted by atomic mass is 35.5. The van der Waals surface area contributed by atoms with E-state index in [1.54, 1.807) is 11.3 Å². The van der Waals surface area contributed by atoms with Crippen LogP contribution in [0.2, 0.25) is 0 Å². The zero-order valence-corrected chi connectivity index (χ0v) is 12.9. The van der Waals surface area contributed by atoms with Crippen LogP contribution >= 0.6 is 23.1 Å². The molecule has 4 rings (SSSR count). The molecule has 0 spiro atoms. The van der Waals surface area contributed by atoms with Gasteiger partial charge in [0.2, 0.25) is 0 Å². The molecule has 1 N–H and O–H groups in total. The molecule has 21 heavy (non-hydrogen) atoms. The Hall–Kier alpha value is -2.04. The fourth-order valence-electron chi connectivity index (χ4n) is 2.50. The molecule has 0 saturated carbocycles. The predicted molar refractivity (Wildman–Crippen MR) is 90.2 cm³/mol. The summed E-state index contributed by atoms with van der Waals surface area (Å²) in [5.41, 5.74) is 5.45. The lowest BCUT2D eigenvalue weighted by Gasteiger charge is -1.98. The Balaban J connectivity index is 1.91. The third-order valence-electron chi connectivity index (χ3n) is 3.52. The van der Waals surface area contributed by atoms with E-state index in [0.717, 1.165) is 27.4 Å². The lowest BCUT2D eigenvalue weighted by molar-refractivity contribution is 1.30. The molecule has 0 aliphatic rings. The van der Waals surface area contributed by atoms with Crippen LogP contribution in [0.4, 0.5) is 5.69 Å². The molecule has 0 amide bonds. The summed E-state index contributed by atoms with van der Waals surface area (Å²) in [6.45, 7) is 2.10. The van der Waals surface area contributed by atoms with Gasteiger partial charge in [0, 0.05) is 23.5 Å². The monoisotopic (exact) mass is 313 g/mol. The molecule has 2 aromatic heterocycles. The Labute approximate surface area is 130 Å². The normalized spacial score (nSPS) is 11.3. The van der Waals surface area contributed by atoms with Crippen molar-refractivity contribution in [3.63, 3.8) is 0 Å². The van der Waals surface area contributed by atoms with Crippen LogP contribution in [0.5, 0.6) is 0 Å². The summed E-state index contributed by atoms with van der Waals surface area (Å²) >= 11 is 7.32. The van der Waals surface area contributed by atoms with E-state index in [-0.39, 0.29) is 0 Å². The second-order valence-electron chi connectivity index (χ2n) is 5.03. The molecule has 0 aliphatic carbocycles. The molecule has 0 saturated heterocycles. The zero-order chi connectivity index (χ0) is 14.4. The Morgan fingerprint density at radius 1 is 1.19 bits per heavy atom. The number of hydrogen-bond donors (Lipinski definition) is 1. The summed E-state index contributed by atoms with van der Waals surface area (Å²) in [5.74, 6) is 0. The van der Waals surface area contributed by atoms with Crippen LogP contribution in [0.25, 0.3) is 26.4 Å². The minimum Gasteiger partial charge on any atom is -0.298 e. The topological polar surface area (TPSA) is 29.3 Å². The van der Waals surface area contributed by atoms with Crippen LogP contribution in [0, 0.1) is 6.92 Å². The third kappa shape index (κ3) is 2.07. The minimum absolute atomic E-state index is 0.896. The predicted octanol–water partition coefficient (Wildman–Crippen LogP) is 5.09. The van der Waals surface area contributed by atoms with Crippen LogP contribution in [-0.4, -0.2) is 9.38 Å². The maximum absolute atomic E-state index is 5.65. The number of benzene rings is 2. The fraction of sp³-hybridized carbons (Fsp3) is 0.0625. The summed E-state index contributed by atoms with van der Waals surface area (Å²) in [5, 5.41) is 0. The largest absolute Gasteiger partial charge is 0.298 e. The van der Waals surface area contributed by atoms with E-state index in [2.05, 4.69) is 52.7 Å². The molecular weight excluding hydrogens is 302 g/mol. The lowest BCUT2D eigenvalue weighted by Crippen LogP contribution is -1.81. The van der Waals surface area contributed by atoms with Crippen molar-refractivity contribution in [1.29, 1.82) is 0 Å². The zero-order valence-electron chi connectivity index (χ0n) is 11.3. The molecule has 3 nitrogen and oxygen atoms in total. The van der Waals surface area contributed by atoms with Gasteiger partial charge in [-0.05, 0) is 31.2 Å². The van der Waals surface area contributed by atoms with E-state index in [1.807, 2.05) is 12.1 Å². The Morgan fingerprint density at radius 3 is 2.90 bits per heavy atom. The van der Waals surface area contributed by atoms with Crippen LogP contribution in [0.3, 0.4) is 0 Å². The molecule has 2 heterocycles. The number of halogens is 1. The Morgan fingerprint density at radius 2 is 2.10 bits per heavy atom. The van der Waals surface area contributed by atoms with Gasteiger partial charge >= 0.3 is 0 Å². The maximum Gasteiger partial charge on any atom is 0.195 e. The first-order chi connectivity index (χ1) is 10.2. The molecule has 104 valence electrons. The highest BCUT2D eigenvalue weighted by Gasteiger charge is 2.10. The van der Waals surface area contributed by atoms with Crippen molar-refractivity contribution in [2.45, 2.75) is 6.92 Å². The van der Waals surface area contributed by atoms with Crippen LogP contribution < -0.4 is 4.84 Å². The van der Waals surface area contributed by atoms with Crippen molar-refractivity contribution in [1.82, 2.24) is 9.38 Å². The van der Waals surface area contributed by atoms with Gasteiger partial charge in [0.15, 0.2) is 4.96 Å². The Bertz CT molecular complexity index is 955. The smallest absolute Gasteiger partial charge is 0.195 e. The highest BCUT2D eigenvalue weighted by molar-refractivity contribution is 7.23. The van der Waals surface area contributed by atoms with Gasteiger partial charge in [-0.2, -0.15) is 0 Å². The molecule has 4 aromatic rings. The summed E-state index contributed by atoms with van der Waals surface area (Å²) in [6, 6.07) is 14.5. The number of aryl methyl sites for hydroxylation is 1. The fourth-order valence-corrected chi connectivity index (χ4v) is 3.67. The second kappa shape index (κ2) is 4.76. The minimum atomic E-state index is 0.896. The average molecular weight is 314 g/mol. The van der Waals surface area contributed by atoms with Crippen molar-refractivity contribution < 1.29 is 0 Å². The summed E-state index contributed by atoms with van der Waals surface area (Å²) in [7, 11) is 0. The van der Waals surface area contributed by atoms with Crippen molar-refractivity contribution >= 4 is 44.0 Å². The standard InChI is InChI=1S/C16H12ClN3S/c1-10-3-2-4-11(7-10)13-9-20-14-6-5-12(19-17)8-15(14)21-16(20)18-13/h2-9,19H,1H3. The number of hydrogen-bond acceptors (Lipinski definition) is 3. The molecule has 0 unspecified atom stereocenters. The first kappa shape index (κ1) is 12.7. The summed E-state index contributed by atoms with van der Waals surface area (Å²) in [4.78, 5) is 8.39. The van der Waals surface area contributed by atoms with E-state index in [1.165, 1.54) is 10.3 Å². The first-order valence-corrected chi connectivity index (χ1v) is 7.79. The molecule has 2 aromatic carbocycles. The number of nitrogens with one attached hydrogen (secondary N) is 1. The first-order valence-electron chi connectivity index (χ1n) is 6.60. The molecule has 0 aliphatic heterocycles. The molecule has 0 fully saturated rings. The van der Waals surface area contributed by atoms with Crippen LogP contribution in [-0.2, 0) is 0 Å². The van der Waals surface area contributed by atoms with E-state index >= 15 is 0 Å². The van der Waals surface area contributed by atoms with Gasteiger partial charge in [-0.1, -0.05) is 35.1 Å². The van der Waals surface area contributed by atoms with Gasteiger partial charge in [0.1, 0.15) is 0 Å². The van der Waals surface area contributed by atoms with Gasteiger partial charge in [-0.3, -0.25) is 9.24 Å². The van der Waals surface area contributed by atoms with Crippen molar-refractivity contribution in [3.05, 3.63) is 54.2 Å². The van der Waals surface area contributed by atoms with Crippen molar-refractivity contribution in [3.8, 4) is 11.3 Å². The number of nitrogens with zero attached hydrogens (tertiary/aromatic N) is 2. The molecule has 0 atom stereocenters. The van der Waals surface area contributed by atoms with Crippen LogP contribution in [0.15, 0.2) is 48.7 Å². The van der Waals surface area contributed by atoms with Gasteiger partial charge in [0.25, 0.3) is 0 Å². The maximum atomic E-state index is 5.65. The summed E-state index contributed by atoms with van der Waals surface area (Å²) < 4.78 is 3.30. The van der Waals surface area contributed by atoms with E-state index in [4.69, 9.17) is 16.8 Å². The Kier molecular flexibility index (Phi) is 2.87. The van der Waals surface area contributed by atoms with Crippen molar-refractivity contribution in [2.75, 3.05) is 4.84 Å². The SMILES string of the molecule is Cc1cccc(-c2cn3c(n2)sc2cc(NCl)ccc23)c1. The van der Waals surface area contributed by atoms with Gasteiger partial charge in [0.05, 0.1) is 21.6 Å². The number of aromatic nitrogens is 2. The van der Waals surface area contributed by atoms with Crippen molar-refractivity contribution in [2.24, 2.45) is 0 Å². The van der Waals surface area contributed by atoms with Gasteiger partial charge in [-0.25, -0.2) is 4.98 Å². The second-order valence-corrected chi connectivity index (χ2v) is 6.23. The lowest BCUT2D eigenvalue weighted by atomic mass is 10.1. The molecule has 0 radical (unpaired) electrons. The highest BCUT2D eigenvalue weighted by Crippen LogP contribution is 2.31. The van der Waals surface area contributed by atoms with E-state index in [0.29, 0.717) is 0 Å². The van der Waals surface area contributed by atoms with Crippen LogP contribution in [0.1, 0.15) is 5.56 Å². The van der Waals surface area contributed by atoms with Gasteiger partial charge < -0.3 is 0 Å². The summed E-state index contributed by atoms with van der Waals surface area (Å²) in [6.07, 6.45) is 2.09. The third-order valence-corrected chi connectivity index (χ3v) is 4.75.